The van der Waals surface area contributed by atoms with Gasteiger partial charge in [-0.1, -0.05) is 32.0 Å². The van der Waals surface area contributed by atoms with E-state index in [4.69, 9.17) is 0 Å². The average Bonchev–Trinajstić information content (AvgIpc) is 2.56. The van der Waals surface area contributed by atoms with Gasteiger partial charge in [0, 0.05) is 31.9 Å². The zero-order valence-electron chi connectivity index (χ0n) is 14.0. The van der Waals surface area contributed by atoms with Crippen LogP contribution in [0.15, 0.2) is 30.5 Å². The molecule has 1 N–H and O–H groups in total. The van der Waals surface area contributed by atoms with Crippen LogP contribution in [0.1, 0.15) is 25.3 Å². The van der Waals surface area contributed by atoms with Gasteiger partial charge in [0.2, 0.25) is 5.95 Å². The van der Waals surface area contributed by atoms with Crippen molar-refractivity contribution in [3.8, 4) is 0 Å². The summed E-state index contributed by atoms with van der Waals surface area (Å²) in [7, 11) is 2.14. The summed E-state index contributed by atoms with van der Waals surface area (Å²) in [5.41, 5.74) is 2.29. The number of piperazine rings is 1. The second kappa shape index (κ2) is 6.91. The largest absolute Gasteiger partial charge is 0.353 e. The monoisotopic (exact) mass is 312 g/mol. The van der Waals surface area contributed by atoms with Gasteiger partial charge in [-0.05, 0) is 24.6 Å². The molecule has 1 aliphatic heterocycles. The predicted molar refractivity (Wildman–Crippen MR) is 93.4 cm³/mol. The molecular weight excluding hydrogens is 288 g/mol. The van der Waals surface area contributed by atoms with Crippen molar-refractivity contribution in [2.45, 2.75) is 19.8 Å². The first kappa shape index (κ1) is 15.7. The molecule has 0 atom stereocenters. The van der Waals surface area contributed by atoms with Crippen molar-refractivity contribution in [1.29, 1.82) is 0 Å². The Balaban J connectivity index is 1.78. The molecular formula is C17H24N6. The Labute approximate surface area is 137 Å². The molecule has 2 heterocycles. The maximum Gasteiger partial charge on any atom is 0.249 e. The van der Waals surface area contributed by atoms with Gasteiger partial charge < -0.3 is 15.1 Å². The van der Waals surface area contributed by atoms with Crippen LogP contribution in [0.3, 0.4) is 0 Å². The molecule has 0 radical (unpaired) electrons. The second-order valence-corrected chi connectivity index (χ2v) is 6.30. The van der Waals surface area contributed by atoms with Crippen LogP contribution in [-0.2, 0) is 0 Å². The van der Waals surface area contributed by atoms with Crippen molar-refractivity contribution >= 4 is 17.5 Å². The average molecular weight is 312 g/mol. The molecule has 2 aromatic rings. The molecule has 0 unspecified atom stereocenters. The molecule has 1 saturated heterocycles. The maximum atomic E-state index is 4.64. The van der Waals surface area contributed by atoms with E-state index in [0.29, 0.717) is 11.9 Å². The van der Waals surface area contributed by atoms with E-state index in [-0.39, 0.29) is 0 Å². The quantitative estimate of drug-likeness (QED) is 0.936. The number of nitrogens with one attached hydrogen (secondary N) is 1. The highest BCUT2D eigenvalue weighted by Crippen LogP contribution is 2.26. The summed E-state index contributed by atoms with van der Waals surface area (Å²) in [4.78, 5) is 9.22. The summed E-state index contributed by atoms with van der Waals surface area (Å²) < 4.78 is 0. The highest BCUT2D eigenvalue weighted by Gasteiger charge is 2.16. The van der Waals surface area contributed by atoms with Crippen LogP contribution in [-0.4, -0.2) is 53.3 Å². The van der Waals surface area contributed by atoms with Crippen molar-refractivity contribution in [1.82, 2.24) is 20.1 Å². The van der Waals surface area contributed by atoms with Crippen LogP contribution in [0.2, 0.25) is 0 Å². The van der Waals surface area contributed by atoms with Gasteiger partial charge in [-0.3, -0.25) is 0 Å². The lowest BCUT2D eigenvalue weighted by Crippen LogP contribution is -2.44. The van der Waals surface area contributed by atoms with E-state index in [1.165, 1.54) is 5.56 Å². The first-order chi connectivity index (χ1) is 11.1. The van der Waals surface area contributed by atoms with Gasteiger partial charge in [0.05, 0.1) is 6.20 Å². The van der Waals surface area contributed by atoms with E-state index in [2.05, 4.69) is 69.4 Å². The van der Waals surface area contributed by atoms with Crippen LogP contribution in [0.25, 0.3) is 0 Å². The molecule has 1 aromatic carbocycles. The van der Waals surface area contributed by atoms with E-state index in [1.807, 2.05) is 6.07 Å². The van der Waals surface area contributed by atoms with Gasteiger partial charge in [-0.15, -0.1) is 5.10 Å². The smallest absolute Gasteiger partial charge is 0.249 e. The number of anilines is 3. The standard InChI is InChI=1S/C17H24N6/c1-13(2)14-6-4-5-7-15(14)19-17-20-16(12-18-21-17)23-10-8-22(3)9-11-23/h4-7,12-13H,8-11H2,1-3H3,(H,19,20,21). The molecule has 0 amide bonds. The number of para-hydroxylation sites is 1. The molecule has 3 rings (SSSR count). The first-order valence-corrected chi connectivity index (χ1v) is 8.12. The lowest BCUT2D eigenvalue weighted by molar-refractivity contribution is 0.312. The van der Waals surface area contributed by atoms with Crippen molar-refractivity contribution in [2.75, 3.05) is 43.4 Å². The predicted octanol–water partition coefficient (Wildman–Crippen LogP) is 2.49. The number of hydrogen-bond donors (Lipinski definition) is 1. The Kier molecular flexibility index (Phi) is 4.71. The lowest BCUT2D eigenvalue weighted by Gasteiger charge is -2.32. The Bertz CT molecular complexity index is 649. The van der Waals surface area contributed by atoms with E-state index < -0.39 is 0 Å². The SMILES string of the molecule is CC(C)c1ccccc1Nc1nncc(N2CCN(C)CC2)n1. The zero-order chi connectivity index (χ0) is 16.2. The minimum Gasteiger partial charge on any atom is -0.353 e. The third kappa shape index (κ3) is 3.76. The van der Waals surface area contributed by atoms with Crippen LogP contribution >= 0.6 is 0 Å². The van der Waals surface area contributed by atoms with E-state index >= 15 is 0 Å². The van der Waals surface area contributed by atoms with Gasteiger partial charge in [0.15, 0.2) is 5.82 Å². The summed E-state index contributed by atoms with van der Waals surface area (Å²) in [6.07, 6.45) is 1.74. The zero-order valence-corrected chi connectivity index (χ0v) is 14.0. The van der Waals surface area contributed by atoms with E-state index in [9.17, 15) is 0 Å². The second-order valence-electron chi connectivity index (χ2n) is 6.30. The minimum absolute atomic E-state index is 0.437. The number of likely N-dealkylation sites (N-methyl/N-ethyl adjacent to an activating group) is 1. The van der Waals surface area contributed by atoms with E-state index in [1.54, 1.807) is 6.20 Å². The van der Waals surface area contributed by atoms with Crippen LogP contribution in [0.5, 0.6) is 0 Å². The molecule has 0 saturated carbocycles. The molecule has 0 spiro atoms. The molecule has 6 nitrogen and oxygen atoms in total. The Hall–Kier alpha value is -2.21. The van der Waals surface area contributed by atoms with Gasteiger partial charge in [-0.2, -0.15) is 10.1 Å². The van der Waals surface area contributed by atoms with Crippen molar-refractivity contribution < 1.29 is 0 Å². The van der Waals surface area contributed by atoms with Crippen molar-refractivity contribution in [3.63, 3.8) is 0 Å². The third-order valence-electron chi connectivity index (χ3n) is 4.20. The molecule has 0 bridgehead atoms. The van der Waals surface area contributed by atoms with Gasteiger partial charge in [0.1, 0.15) is 0 Å². The van der Waals surface area contributed by atoms with Crippen LogP contribution in [0.4, 0.5) is 17.5 Å². The van der Waals surface area contributed by atoms with Crippen molar-refractivity contribution in [3.05, 3.63) is 36.0 Å². The fourth-order valence-electron chi connectivity index (χ4n) is 2.77. The third-order valence-corrected chi connectivity index (χ3v) is 4.20. The molecule has 0 aliphatic carbocycles. The summed E-state index contributed by atoms with van der Waals surface area (Å²) in [5.74, 6) is 1.87. The maximum absolute atomic E-state index is 4.64. The minimum atomic E-state index is 0.437. The van der Waals surface area contributed by atoms with Gasteiger partial charge >= 0.3 is 0 Å². The summed E-state index contributed by atoms with van der Waals surface area (Å²) in [6, 6.07) is 8.26. The molecule has 1 aliphatic rings. The molecule has 6 heteroatoms. The topological polar surface area (TPSA) is 57.2 Å². The number of aromatic nitrogens is 3. The normalized spacial score (nSPS) is 15.9. The fourth-order valence-corrected chi connectivity index (χ4v) is 2.77. The molecule has 122 valence electrons. The summed E-state index contributed by atoms with van der Waals surface area (Å²) >= 11 is 0. The first-order valence-electron chi connectivity index (χ1n) is 8.12. The number of rotatable bonds is 4. The van der Waals surface area contributed by atoms with Gasteiger partial charge in [0.25, 0.3) is 0 Å². The van der Waals surface area contributed by atoms with E-state index in [0.717, 1.165) is 37.7 Å². The molecule has 23 heavy (non-hydrogen) atoms. The highest BCUT2D eigenvalue weighted by molar-refractivity contribution is 5.60. The number of hydrogen-bond acceptors (Lipinski definition) is 6. The van der Waals surface area contributed by atoms with Crippen LogP contribution in [0, 0.1) is 0 Å². The summed E-state index contributed by atoms with van der Waals surface area (Å²) in [6.45, 7) is 8.39. The van der Waals surface area contributed by atoms with Crippen LogP contribution < -0.4 is 10.2 Å². The number of benzene rings is 1. The molecule has 1 aromatic heterocycles. The van der Waals surface area contributed by atoms with Crippen molar-refractivity contribution in [2.24, 2.45) is 0 Å². The van der Waals surface area contributed by atoms with Gasteiger partial charge in [-0.25, -0.2) is 0 Å². The summed E-state index contributed by atoms with van der Waals surface area (Å²) in [5, 5.41) is 11.6. The number of nitrogens with zero attached hydrogens (tertiary/aromatic N) is 5. The lowest BCUT2D eigenvalue weighted by atomic mass is 10.0. The Morgan fingerprint density at radius 1 is 1.09 bits per heavy atom. The fraction of sp³-hybridized carbons (Fsp3) is 0.471. The Morgan fingerprint density at radius 2 is 1.83 bits per heavy atom. The Morgan fingerprint density at radius 3 is 2.57 bits per heavy atom. The highest BCUT2D eigenvalue weighted by atomic mass is 15.3. The molecule has 1 fully saturated rings.